The fourth-order valence-electron chi connectivity index (χ4n) is 4.84. The van der Waals surface area contributed by atoms with Gasteiger partial charge in [-0.2, -0.15) is 18.2 Å². The molecule has 2 aromatic heterocycles. The summed E-state index contributed by atoms with van der Waals surface area (Å²) < 4.78 is 65.0. The molecule has 2 heterocycles. The Balaban J connectivity index is 0.000000804. The average molecular weight is 717 g/mol. The number of amides is 1. The fourth-order valence-corrected chi connectivity index (χ4v) is 7.00. The first-order valence-electron chi connectivity index (χ1n) is 15.6. The van der Waals surface area contributed by atoms with Crippen LogP contribution in [0.3, 0.4) is 0 Å². The van der Waals surface area contributed by atoms with E-state index in [1.807, 2.05) is 45.0 Å². The number of hydrogen-bond acceptors (Lipinski definition) is 10. The van der Waals surface area contributed by atoms with Gasteiger partial charge in [0, 0.05) is 31.6 Å². The van der Waals surface area contributed by atoms with E-state index in [0.29, 0.717) is 35.1 Å². The zero-order chi connectivity index (χ0) is 35.4. The molecule has 266 valence electrons. The lowest BCUT2D eigenvalue weighted by atomic mass is 9.82. The van der Waals surface area contributed by atoms with Crippen LogP contribution in [0.4, 0.5) is 29.7 Å². The van der Waals surface area contributed by atoms with Crippen LogP contribution in [0.5, 0.6) is 0 Å². The van der Waals surface area contributed by atoms with Crippen LogP contribution in [-0.2, 0) is 19.6 Å². The van der Waals surface area contributed by atoms with Crippen LogP contribution in [0.15, 0.2) is 46.0 Å². The molecule has 3 aromatic rings. The van der Waals surface area contributed by atoms with Crippen LogP contribution in [0.2, 0.25) is 0 Å². The van der Waals surface area contributed by atoms with Crippen LogP contribution in [0, 0.1) is 11.8 Å². The van der Waals surface area contributed by atoms with Gasteiger partial charge < -0.3 is 25.8 Å². The van der Waals surface area contributed by atoms with Gasteiger partial charge in [-0.25, -0.2) is 27.7 Å². The molecule has 1 aliphatic rings. The summed E-state index contributed by atoms with van der Waals surface area (Å²) in [6.07, 6.45) is 0.265. The normalized spacial score (nSPS) is 16.8. The highest BCUT2D eigenvalue weighted by Gasteiger charge is 2.38. The van der Waals surface area contributed by atoms with Gasteiger partial charge in [-0.1, -0.05) is 18.2 Å². The number of aliphatic carboxylic acids is 1. The predicted molar refractivity (Wildman–Crippen MR) is 179 cm³/mol. The highest BCUT2D eigenvalue weighted by molar-refractivity contribution is 7.91. The van der Waals surface area contributed by atoms with E-state index in [1.54, 1.807) is 17.5 Å². The zero-order valence-electron chi connectivity index (χ0n) is 27.1. The molecule has 0 bridgehead atoms. The van der Waals surface area contributed by atoms with Crippen LogP contribution < -0.4 is 20.7 Å². The van der Waals surface area contributed by atoms with Crippen molar-refractivity contribution in [2.24, 2.45) is 11.8 Å². The van der Waals surface area contributed by atoms with Crippen molar-refractivity contribution in [1.29, 1.82) is 0 Å². The molecule has 12 nitrogen and oxygen atoms in total. The van der Waals surface area contributed by atoms with E-state index in [4.69, 9.17) is 24.6 Å². The third kappa shape index (κ3) is 13.4. The zero-order valence-corrected chi connectivity index (χ0v) is 28.7. The summed E-state index contributed by atoms with van der Waals surface area (Å²) in [6, 6.07) is 11.3. The van der Waals surface area contributed by atoms with Crippen molar-refractivity contribution in [3.8, 4) is 0 Å². The lowest BCUT2D eigenvalue weighted by Gasteiger charge is -2.28. The largest absolute Gasteiger partial charge is 0.490 e. The van der Waals surface area contributed by atoms with Crippen LogP contribution in [-0.4, -0.2) is 73.5 Å². The number of rotatable bonds is 13. The topological polar surface area (TPSA) is 172 Å². The average Bonchev–Trinajstić information content (AvgIpc) is 3.57. The minimum atomic E-state index is -5.08. The molecule has 0 atom stereocenters. The molecule has 0 unspecified atom stereocenters. The van der Waals surface area contributed by atoms with E-state index in [-0.39, 0.29) is 0 Å². The third-order valence-electron chi connectivity index (χ3n) is 7.25. The summed E-state index contributed by atoms with van der Waals surface area (Å²) >= 11 is 1.24. The number of anilines is 2. The summed E-state index contributed by atoms with van der Waals surface area (Å²) in [5, 5.41) is 19.6. The number of thiophene rings is 1. The van der Waals surface area contributed by atoms with Crippen molar-refractivity contribution >= 4 is 56.1 Å². The number of nitrogens with zero attached hydrogens (tertiary/aromatic N) is 2. The summed E-state index contributed by atoms with van der Waals surface area (Å²) in [4.78, 5) is 30.2. The predicted octanol–water partition coefficient (Wildman–Crippen LogP) is 6.24. The van der Waals surface area contributed by atoms with Crippen molar-refractivity contribution in [3.05, 3.63) is 41.8 Å². The molecule has 0 radical (unpaired) electrons. The molecule has 4 rings (SSSR count). The fraction of sp³-hybridized carbons (Fsp3) is 0.548. The highest BCUT2D eigenvalue weighted by Crippen LogP contribution is 2.29. The molecule has 1 aromatic carbocycles. The van der Waals surface area contributed by atoms with Crippen molar-refractivity contribution in [1.82, 2.24) is 20.0 Å². The number of carbonyl (C=O) groups is 2. The first-order valence-corrected chi connectivity index (χ1v) is 17.9. The summed E-state index contributed by atoms with van der Waals surface area (Å²) in [5.74, 6) is -0.520. The lowest BCUT2D eigenvalue weighted by Crippen LogP contribution is -2.33. The first kappa shape index (κ1) is 38.7. The second-order valence-corrected chi connectivity index (χ2v) is 15.3. The van der Waals surface area contributed by atoms with Crippen molar-refractivity contribution in [2.75, 3.05) is 36.8 Å². The van der Waals surface area contributed by atoms with Gasteiger partial charge in [0.05, 0.1) is 5.52 Å². The number of sulfonamides is 1. The second-order valence-electron chi connectivity index (χ2n) is 12.3. The third-order valence-corrected chi connectivity index (χ3v) is 10.1. The monoisotopic (exact) mass is 716 g/mol. The molecule has 0 saturated heterocycles. The molecule has 1 fully saturated rings. The van der Waals surface area contributed by atoms with Crippen molar-refractivity contribution in [3.63, 3.8) is 0 Å². The minimum absolute atomic E-state index is 0.355. The Hall–Kier alpha value is -3.70. The number of unbranched alkanes of at least 4 members (excludes halogenated alkanes) is 1. The number of fused-ring (bicyclic) bond motifs is 1. The van der Waals surface area contributed by atoms with E-state index in [0.717, 1.165) is 68.3 Å². The highest BCUT2D eigenvalue weighted by atomic mass is 32.2. The molecule has 0 aliphatic heterocycles. The number of para-hydroxylation sites is 1. The number of halogens is 3. The molecule has 1 amide bonds. The second kappa shape index (κ2) is 17.6. The molecule has 1 saturated carbocycles. The number of ether oxygens (including phenoxy) is 1. The number of carboxylic acids is 1. The number of alkyl carbamates (subject to hydrolysis) is 1. The van der Waals surface area contributed by atoms with E-state index in [2.05, 4.69) is 20.7 Å². The van der Waals surface area contributed by atoms with Crippen molar-refractivity contribution in [2.45, 2.75) is 75.3 Å². The Bertz CT molecular complexity index is 1580. The number of carbonyl (C=O) groups excluding carboxylic acids is 1. The Morgan fingerprint density at radius 2 is 1.56 bits per heavy atom. The molecule has 17 heteroatoms. The smallest absolute Gasteiger partial charge is 0.475 e. The van der Waals surface area contributed by atoms with Crippen molar-refractivity contribution < 1.29 is 41.0 Å². The number of nitrogens with one attached hydrogen (secondary N) is 4. The quantitative estimate of drug-likeness (QED) is 0.128. The summed E-state index contributed by atoms with van der Waals surface area (Å²) in [5.41, 5.74) is 0.374. The van der Waals surface area contributed by atoms with Crippen LogP contribution in [0.1, 0.15) is 59.3 Å². The van der Waals surface area contributed by atoms with Gasteiger partial charge in [-0.05, 0) is 94.7 Å². The SMILES string of the molecule is CC(C)(C)OC(=O)NCCCCNc1nc(NCC2CCC(CNS(=O)(=O)c3cccs3)CC2)nc2ccccc12.O=C(O)C(F)(F)F. The molecular formula is C31H43F3N6O6S2. The van der Waals surface area contributed by atoms with Gasteiger partial charge in [0.2, 0.25) is 16.0 Å². The maximum Gasteiger partial charge on any atom is 0.490 e. The molecule has 0 spiro atoms. The molecule has 1 aliphatic carbocycles. The Labute approximate surface area is 282 Å². The van der Waals surface area contributed by atoms with Gasteiger partial charge in [-0.3, -0.25) is 0 Å². The Morgan fingerprint density at radius 1 is 0.938 bits per heavy atom. The van der Waals surface area contributed by atoms with Gasteiger partial charge in [0.15, 0.2) is 0 Å². The lowest BCUT2D eigenvalue weighted by molar-refractivity contribution is -0.192. The van der Waals surface area contributed by atoms with E-state index in [1.165, 1.54) is 11.3 Å². The first-order chi connectivity index (χ1) is 22.5. The van der Waals surface area contributed by atoms with Gasteiger partial charge in [-0.15, -0.1) is 11.3 Å². The summed E-state index contributed by atoms with van der Waals surface area (Å²) in [7, 11) is -3.41. The number of aromatic nitrogens is 2. The minimum Gasteiger partial charge on any atom is -0.475 e. The maximum absolute atomic E-state index is 12.4. The van der Waals surface area contributed by atoms with Crippen LogP contribution in [0.25, 0.3) is 10.9 Å². The number of alkyl halides is 3. The van der Waals surface area contributed by atoms with E-state index in [9.17, 15) is 26.4 Å². The molecule has 5 N–H and O–H groups in total. The Kier molecular flexibility index (Phi) is 14.2. The van der Waals surface area contributed by atoms with Gasteiger partial charge in [0.1, 0.15) is 15.6 Å². The number of hydrogen-bond donors (Lipinski definition) is 5. The van der Waals surface area contributed by atoms with E-state index < -0.39 is 33.9 Å². The van der Waals surface area contributed by atoms with E-state index >= 15 is 0 Å². The standard InChI is InChI=1S/C29H42N6O4S2.C2HF3O2/c1-29(2,3)39-28(36)31-17-7-6-16-30-26-23-9-4-5-10-24(23)34-27(35-26)32-19-21-12-14-22(15-13-21)20-33-41(37,38)25-11-8-18-40-25;3-2(4,5)1(6)7/h4-5,8-11,18,21-22,33H,6-7,12-17,19-20H2,1-3H3,(H,31,36)(H2,30,32,34,35);(H,6,7). The summed E-state index contributed by atoms with van der Waals surface area (Å²) in [6.45, 7) is 8.08. The molecular weight excluding hydrogens is 674 g/mol. The molecule has 48 heavy (non-hydrogen) atoms. The van der Waals surface area contributed by atoms with Gasteiger partial charge in [0.25, 0.3) is 0 Å². The maximum atomic E-state index is 12.4. The number of benzene rings is 1. The Morgan fingerprint density at radius 3 is 2.17 bits per heavy atom. The number of carboxylic acid groups (broad SMARTS) is 1. The van der Waals surface area contributed by atoms with Crippen LogP contribution >= 0.6 is 11.3 Å². The van der Waals surface area contributed by atoms with Gasteiger partial charge >= 0.3 is 18.2 Å².